The first kappa shape index (κ1) is 12.2. The van der Waals surface area contributed by atoms with Crippen molar-refractivity contribution in [1.82, 2.24) is 4.98 Å². The van der Waals surface area contributed by atoms with Gasteiger partial charge in [0.15, 0.2) is 0 Å². The molecule has 0 aliphatic rings. The first-order chi connectivity index (χ1) is 8.58. The molecule has 1 amide bonds. The Morgan fingerprint density at radius 3 is 2.72 bits per heavy atom. The second-order valence-electron chi connectivity index (χ2n) is 3.51. The molecule has 0 radical (unpaired) electrons. The summed E-state index contributed by atoms with van der Waals surface area (Å²) in [6.45, 7) is 0. The van der Waals surface area contributed by atoms with Gasteiger partial charge in [0, 0.05) is 12.3 Å². The minimum absolute atomic E-state index is 0.0349. The highest BCUT2D eigenvalue weighted by Crippen LogP contribution is 2.25. The van der Waals surface area contributed by atoms with Gasteiger partial charge in [0.2, 0.25) is 0 Å². The van der Waals surface area contributed by atoms with E-state index in [-0.39, 0.29) is 17.1 Å². The lowest BCUT2D eigenvalue weighted by Crippen LogP contribution is -2.12. The number of benzene rings is 1. The quantitative estimate of drug-likeness (QED) is 0.778. The Bertz CT molecular complexity index is 602. The number of aromatic nitrogens is 1. The highest BCUT2D eigenvalue weighted by molar-refractivity contribution is 6.33. The minimum Gasteiger partial charge on any atom is -0.508 e. The first-order valence-corrected chi connectivity index (χ1v) is 5.38. The van der Waals surface area contributed by atoms with Gasteiger partial charge in [0.25, 0.3) is 5.91 Å². The fraction of sp³-hybridized carbons (Fsp3) is 0. The van der Waals surface area contributed by atoms with E-state index in [0.717, 1.165) is 6.07 Å². The molecule has 0 saturated carbocycles. The predicted molar refractivity (Wildman–Crippen MR) is 67.0 cm³/mol. The molecule has 1 aromatic heterocycles. The van der Waals surface area contributed by atoms with Crippen LogP contribution in [0.1, 0.15) is 10.4 Å². The molecule has 92 valence electrons. The second-order valence-corrected chi connectivity index (χ2v) is 3.92. The maximum atomic E-state index is 11.9. The zero-order valence-electron chi connectivity index (χ0n) is 9.09. The number of pyridine rings is 1. The number of nitrogens with one attached hydrogen (secondary N) is 1. The van der Waals surface area contributed by atoms with E-state index in [1.165, 1.54) is 30.6 Å². The van der Waals surface area contributed by atoms with Crippen LogP contribution < -0.4 is 5.32 Å². The third kappa shape index (κ3) is 2.52. The number of rotatable bonds is 2. The Morgan fingerprint density at radius 2 is 2.06 bits per heavy atom. The number of carbonyl (C=O) groups is 1. The highest BCUT2D eigenvalue weighted by Gasteiger charge is 2.13. The van der Waals surface area contributed by atoms with Crippen molar-refractivity contribution in [2.45, 2.75) is 0 Å². The molecule has 1 heterocycles. The fourth-order valence-corrected chi connectivity index (χ4v) is 1.52. The van der Waals surface area contributed by atoms with Crippen LogP contribution >= 0.6 is 11.6 Å². The first-order valence-electron chi connectivity index (χ1n) is 5.01. The lowest BCUT2D eigenvalue weighted by molar-refractivity contribution is 0.102. The van der Waals surface area contributed by atoms with Crippen LogP contribution in [-0.4, -0.2) is 21.1 Å². The fourth-order valence-electron chi connectivity index (χ4n) is 1.37. The minimum atomic E-state index is -0.539. The van der Waals surface area contributed by atoms with Crippen LogP contribution in [0, 0.1) is 0 Å². The lowest BCUT2D eigenvalue weighted by atomic mass is 10.1. The number of halogens is 1. The van der Waals surface area contributed by atoms with Gasteiger partial charge in [0.1, 0.15) is 11.5 Å². The van der Waals surface area contributed by atoms with E-state index in [1.807, 2.05) is 0 Å². The summed E-state index contributed by atoms with van der Waals surface area (Å²) in [6.07, 6.45) is 2.90. The van der Waals surface area contributed by atoms with Gasteiger partial charge in [-0.2, -0.15) is 0 Å². The highest BCUT2D eigenvalue weighted by atomic mass is 35.5. The van der Waals surface area contributed by atoms with Crippen LogP contribution in [-0.2, 0) is 0 Å². The molecule has 6 heteroatoms. The van der Waals surface area contributed by atoms with Gasteiger partial charge in [-0.1, -0.05) is 11.6 Å². The Labute approximate surface area is 108 Å². The number of phenols is 2. The average molecular weight is 265 g/mol. The summed E-state index contributed by atoms with van der Waals surface area (Å²) < 4.78 is 0. The van der Waals surface area contributed by atoms with E-state index in [9.17, 15) is 9.90 Å². The van der Waals surface area contributed by atoms with Gasteiger partial charge in [-0.15, -0.1) is 0 Å². The summed E-state index contributed by atoms with van der Waals surface area (Å²) in [4.78, 5) is 15.7. The van der Waals surface area contributed by atoms with Crippen molar-refractivity contribution in [2.75, 3.05) is 5.32 Å². The lowest BCUT2D eigenvalue weighted by Gasteiger charge is -2.07. The molecular weight excluding hydrogens is 256 g/mol. The SMILES string of the molecule is O=C(Nc1cnccc1Cl)c1ccc(O)cc1O. The van der Waals surface area contributed by atoms with E-state index < -0.39 is 5.91 Å². The number of nitrogens with zero attached hydrogens (tertiary/aromatic N) is 1. The van der Waals surface area contributed by atoms with E-state index in [1.54, 1.807) is 0 Å². The topological polar surface area (TPSA) is 82.5 Å². The zero-order chi connectivity index (χ0) is 13.1. The molecule has 0 aliphatic carbocycles. The number of anilines is 1. The summed E-state index contributed by atoms with van der Waals surface area (Å²) in [5.41, 5.74) is 0.379. The molecule has 0 unspecified atom stereocenters. The molecule has 18 heavy (non-hydrogen) atoms. The van der Waals surface area contributed by atoms with Crippen molar-refractivity contribution in [1.29, 1.82) is 0 Å². The molecule has 0 aliphatic heterocycles. The molecule has 5 nitrogen and oxygen atoms in total. The Morgan fingerprint density at radius 1 is 1.28 bits per heavy atom. The normalized spacial score (nSPS) is 10.1. The average Bonchev–Trinajstić information content (AvgIpc) is 2.32. The Hall–Kier alpha value is -2.27. The van der Waals surface area contributed by atoms with Gasteiger partial charge < -0.3 is 15.5 Å². The molecule has 2 rings (SSSR count). The third-order valence-electron chi connectivity index (χ3n) is 2.24. The van der Waals surface area contributed by atoms with E-state index in [4.69, 9.17) is 16.7 Å². The standard InChI is InChI=1S/C12H9ClN2O3/c13-9-3-4-14-6-10(9)15-12(18)8-2-1-7(16)5-11(8)17/h1-6,16-17H,(H,15,18). The molecule has 0 spiro atoms. The Kier molecular flexibility index (Phi) is 3.34. The van der Waals surface area contributed by atoms with Crippen LogP contribution in [0.5, 0.6) is 11.5 Å². The maximum absolute atomic E-state index is 11.9. The van der Waals surface area contributed by atoms with Crippen LogP contribution in [0.3, 0.4) is 0 Å². The molecule has 0 fully saturated rings. The largest absolute Gasteiger partial charge is 0.508 e. The van der Waals surface area contributed by atoms with Crippen molar-refractivity contribution < 1.29 is 15.0 Å². The third-order valence-corrected chi connectivity index (χ3v) is 2.57. The van der Waals surface area contributed by atoms with E-state index in [2.05, 4.69) is 10.3 Å². The Balaban J connectivity index is 2.25. The number of aromatic hydroxyl groups is 2. The maximum Gasteiger partial charge on any atom is 0.259 e. The number of carbonyl (C=O) groups excluding carboxylic acids is 1. The van der Waals surface area contributed by atoms with Crippen LogP contribution in [0.15, 0.2) is 36.7 Å². The molecular formula is C12H9ClN2O3. The molecule has 0 saturated heterocycles. The summed E-state index contributed by atoms with van der Waals surface area (Å²) in [6, 6.07) is 5.23. The zero-order valence-corrected chi connectivity index (χ0v) is 9.85. The molecule has 3 N–H and O–H groups in total. The monoisotopic (exact) mass is 264 g/mol. The van der Waals surface area contributed by atoms with Crippen molar-refractivity contribution in [3.8, 4) is 11.5 Å². The summed E-state index contributed by atoms with van der Waals surface area (Å²) in [7, 11) is 0. The van der Waals surface area contributed by atoms with Crippen LogP contribution in [0.25, 0.3) is 0 Å². The number of hydrogen-bond donors (Lipinski definition) is 3. The number of phenolic OH excluding ortho intramolecular Hbond substituents is 2. The van der Waals surface area contributed by atoms with Gasteiger partial charge >= 0.3 is 0 Å². The van der Waals surface area contributed by atoms with Gasteiger partial charge in [-0.25, -0.2) is 0 Å². The van der Waals surface area contributed by atoms with Crippen LogP contribution in [0.4, 0.5) is 5.69 Å². The van der Waals surface area contributed by atoms with E-state index >= 15 is 0 Å². The smallest absolute Gasteiger partial charge is 0.259 e. The summed E-state index contributed by atoms with van der Waals surface area (Å²) in [5.74, 6) is -0.974. The van der Waals surface area contributed by atoms with Gasteiger partial charge in [0.05, 0.1) is 22.5 Å². The molecule has 1 aromatic carbocycles. The number of amides is 1. The second kappa shape index (κ2) is 4.93. The van der Waals surface area contributed by atoms with Gasteiger partial charge in [-0.05, 0) is 18.2 Å². The molecule has 0 atom stereocenters. The van der Waals surface area contributed by atoms with Crippen molar-refractivity contribution in [2.24, 2.45) is 0 Å². The van der Waals surface area contributed by atoms with Crippen LogP contribution in [0.2, 0.25) is 5.02 Å². The van der Waals surface area contributed by atoms with Crippen molar-refractivity contribution in [3.05, 3.63) is 47.2 Å². The summed E-state index contributed by atoms with van der Waals surface area (Å²) in [5, 5.41) is 21.5. The predicted octanol–water partition coefficient (Wildman–Crippen LogP) is 2.40. The molecule has 0 bridgehead atoms. The van der Waals surface area contributed by atoms with E-state index in [0.29, 0.717) is 10.7 Å². The van der Waals surface area contributed by atoms with Gasteiger partial charge in [-0.3, -0.25) is 9.78 Å². The summed E-state index contributed by atoms with van der Waals surface area (Å²) >= 11 is 5.86. The molecule has 2 aromatic rings. The number of hydrogen-bond acceptors (Lipinski definition) is 4. The van der Waals surface area contributed by atoms with Crippen molar-refractivity contribution >= 4 is 23.2 Å². The van der Waals surface area contributed by atoms with Crippen molar-refractivity contribution in [3.63, 3.8) is 0 Å².